The Kier molecular flexibility index (Phi) is 7.59. The summed E-state index contributed by atoms with van der Waals surface area (Å²) in [6.45, 7) is 3.28. The summed E-state index contributed by atoms with van der Waals surface area (Å²) in [5.74, 6) is 0.252. The number of nitrogens with one attached hydrogen (secondary N) is 2. The van der Waals surface area contributed by atoms with Gasteiger partial charge in [-0.1, -0.05) is 39.0 Å². The van der Waals surface area contributed by atoms with Crippen molar-refractivity contribution in [2.45, 2.75) is 51.9 Å². The monoisotopic (exact) mass is 332 g/mol. The lowest BCUT2D eigenvalue weighted by Crippen LogP contribution is -2.36. The summed E-state index contributed by atoms with van der Waals surface area (Å²) < 4.78 is 5.48. The van der Waals surface area contributed by atoms with E-state index < -0.39 is 11.8 Å². The first-order valence-electron chi connectivity index (χ1n) is 9.01. The lowest BCUT2D eigenvalue weighted by Gasteiger charge is -2.21. The smallest absolute Gasteiger partial charge is 0.313 e. The molecule has 0 bridgehead atoms. The molecule has 24 heavy (non-hydrogen) atoms. The third-order valence-electron chi connectivity index (χ3n) is 4.35. The number of amides is 2. The molecule has 0 atom stereocenters. The van der Waals surface area contributed by atoms with Crippen LogP contribution in [0.3, 0.4) is 0 Å². The SMILES string of the molecule is CCCOc1ccc(NC(=O)C(=O)NCCC2CCCCC2)cc1. The zero-order valence-electron chi connectivity index (χ0n) is 14.5. The lowest BCUT2D eigenvalue weighted by molar-refractivity contribution is -0.136. The number of hydrogen-bond acceptors (Lipinski definition) is 3. The van der Waals surface area contributed by atoms with Crippen LogP contribution >= 0.6 is 0 Å². The first-order valence-corrected chi connectivity index (χ1v) is 9.01. The summed E-state index contributed by atoms with van der Waals surface area (Å²) in [5, 5.41) is 5.32. The topological polar surface area (TPSA) is 67.4 Å². The fraction of sp³-hybridized carbons (Fsp3) is 0.579. The van der Waals surface area contributed by atoms with Crippen LogP contribution in [-0.4, -0.2) is 25.0 Å². The van der Waals surface area contributed by atoms with Gasteiger partial charge in [0.1, 0.15) is 5.75 Å². The molecular formula is C19H28N2O3. The summed E-state index contributed by atoms with van der Waals surface area (Å²) in [4.78, 5) is 23.7. The van der Waals surface area contributed by atoms with Gasteiger partial charge in [0.25, 0.3) is 0 Å². The second-order valence-electron chi connectivity index (χ2n) is 6.38. The van der Waals surface area contributed by atoms with E-state index in [0.717, 1.165) is 18.6 Å². The predicted molar refractivity (Wildman–Crippen MR) is 95.1 cm³/mol. The van der Waals surface area contributed by atoms with Gasteiger partial charge < -0.3 is 15.4 Å². The molecule has 5 heteroatoms. The highest BCUT2D eigenvalue weighted by molar-refractivity contribution is 6.39. The van der Waals surface area contributed by atoms with Gasteiger partial charge in [-0.3, -0.25) is 9.59 Å². The largest absolute Gasteiger partial charge is 0.494 e. The van der Waals surface area contributed by atoms with Crippen molar-refractivity contribution in [1.82, 2.24) is 5.32 Å². The van der Waals surface area contributed by atoms with Crippen LogP contribution in [0.5, 0.6) is 5.75 Å². The molecule has 1 saturated carbocycles. The van der Waals surface area contributed by atoms with Crippen molar-refractivity contribution in [3.05, 3.63) is 24.3 Å². The van der Waals surface area contributed by atoms with E-state index in [1.807, 2.05) is 6.92 Å². The third kappa shape index (κ3) is 6.22. The van der Waals surface area contributed by atoms with Gasteiger partial charge in [0.15, 0.2) is 0 Å². The van der Waals surface area contributed by atoms with Crippen molar-refractivity contribution < 1.29 is 14.3 Å². The van der Waals surface area contributed by atoms with Crippen molar-refractivity contribution in [3.63, 3.8) is 0 Å². The normalized spacial score (nSPS) is 14.9. The Morgan fingerprint density at radius 3 is 2.46 bits per heavy atom. The minimum absolute atomic E-state index is 0.570. The zero-order chi connectivity index (χ0) is 17.2. The van der Waals surface area contributed by atoms with Crippen molar-refractivity contribution in [2.75, 3.05) is 18.5 Å². The Morgan fingerprint density at radius 2 is 1.79 bits per heavy atom. The summed E-state index contributed by atoms with van der Waals surface area (Å²) >= 11 is 0. The molecule has 2 amide bonds. The Balaban J connectivity index is 1.69. The summed E-state index contributed by atoms with van der Waals surface area (Å²) in [5.41, 5.74) is 0.589. The molecule has 0 saturated heterocycles. The van der Waals surface area contributed by atoms with E-state index >= 15 is 0 Å². The maximum absolute atomic E-state index is 11.9. The van der Waals surface area contributed by atoms with Gasteiger partial charge >= 0.3 is 11.8 Å². The van der Waals surface area contributed by atoms with Gasteiger partial charge in [0.2, 0.25) is 0 Å². The van der Waals surface area contributed by atoms with Gasteiger partial charge in [0, 0.05) is 12.2 Å². The van der Waals surface area contributed by atoms with Crippen LogP contribution in [0.4, 0.5) is 5.69 Å². The number of carbonyl (C=O) groups is 2. The molecule has 132 valence electrons. The van der Waals surface area contributed by atoms with Gasteiger partial charge in [-0.05, 0) is 43.0 Å². The fourth-order valence-corrected chi connectivity index (χ4v) is 2.99. The van der Waals surface area contributed by atoms with Crippen LogP contribution in [-0.2, 0) is 9.59 Å². The van der Waals surface area contributed by atoms with Crippen molar-refractivity contribution in [2.24, 2.45) is 5.92 Å². The molecular weight excluding hydrogens is 304 g/mol. The Labute approximate surface area is 144 Å². The first kappa shape index (κ1) is 18.3. The van der Waals surface area contributed by atoms with Crippen LogP contribution in [0.1, 0.15) is 51.9 Å². The average molecular weight is 332 g/mol. The van der Waals surface area contributed by atoms with E-state index in [9.17, 15) is 9.59 Å². The summed E-state index contributed by atoms with van der Waals surface area (Å²) in [7, 11) is 0. The molecule has 1 aliphatic carbocycles. The highest BCUT2D eigenvalue weighted by Crippen LogP contribution is 2.25. The maximum Gasteiger partial charge on any atom is 0.313 e. The molecule has 0 aliphatic heterocycles. The minimum Gasteiger partial charge on any atom is -0.494 e. The second kappa shape index (κ2) is 9.96. The molecule has 2 N–H and O–H groups in total. The van der Waals surface area contributed by atoms with E-state index in [2.05, 4.69) is 10.6 Å². The van der Waals surface area contributed by atoms with Crippen LogP contribution in [0.15, 0.2) is 24.3 Å². The lowest BCUT2D eigenvalue weighted by atomic mass is 9.87. The highest BCUT2D eigenvalue weighted by Gasteiger charge is 2.16. The van der Waals surface area contributed by atoms with Crippen molar-refractivity contribution >= 4 is 17.5 Å². The minimum atomic E-state index is -0.624. The number of ether oxygens (including phenoxy) is 1. The molecule has 0 radical (unpaired) electrons. The molecule has 1 aromatic rings. The van der Waals surface area contributed by atoms with Gasteiger partial charge in [-0.15, -0.1) is 0 Å². The standard InChI is InChI=1S/C19H28N2O3/c1-2-14-24-17-10-8-16(9-11-17)21-19(23)18(22)20-13-12-15-6-4-3-5-7-15/h8-11,15H,2-7,12-14H2,1H3,(H,20,22)(H,21,23). The average Bonchev–Trinajstić information content (AvgIpc) is 2.62. The molecule has 1 aliphatic rings. The molecule has 1 fully saturated rings. The van der Waals surface area contributed by atoms with Gasteiger partial charge in [-0.2, -0.15) is 0 Å². The quantitative estimate of drug-likeness (QED) is 0.751. The Hall–Kier alpha value is -2.04. The molecule has 5 nitrogen and oxygen atoms in total. The first-order chi connectivity index (χ1) is 11.7. The zero-order valence-corrected chi connectivity index (χ0v) is 14.5. The summed E-state index contributed by atoms with van der Waals surface area (Å²) in [6.07, 6.45) is 8.30. The van der Waals surface area contributed by atoms with E-state index in [1.54, 1.807) is 24.3 Å². The molecule has 0 aromatic heterocycles. The molecule has 0 unspecified atom stereocenters. The molecule has 2 rings (SSSR count). The van der Waals surface area contributed by atoms with Crippen molar-refractivity contribution in [1.29, 1.82) is 0 Å². The third-order valence-corrected chi connectivity index (χ3v) is 4.35. The maximum atomic E-state index is 11.9. The highest BCUT2D eigenvalue weighted by atomic mass is 16.5. The van der Waals surface area contributed by atoms with Crippen LogP contribution in [0.25, 0.3) is 0 Å². The van der Waals surface area contributed by atoms with Crippen molar-refractivity contribution in [3.8, 4) is 5.75 Å². The van der Waals surface area contributed by atoms with Gasteiger partial charge in [-0.25, -0.2) is 0 Å². The second-order valence-corrected chi connectivity index (χ2v) is 6.38. The van der Waals surface area contributed by atoms with E-state index in [-0.39, 0.29) is 0 Å². The molecule has 0 heterocycles. The van der Waals surface area contributed by atoms with E-state index in [4.69, 9.17) is 4.74 Å². The summed E-state index contributed by atoms with van der Waals surface area (Å²) in [6, 6.07) is 7.04. The van der Waals surface area contributed by atoms with E-state index in [1.165, 1.54) is 32.1 Å². The van der Waals surface area contributed by atoms with E-state index in [0.29, 0.717) is 24.8 Å². The van der Waals surface area contributed by atoms with Gasteiger partial charge in [0.05, 0.1) is 6.61 Å². The molecule has 0 spiro atoms. The number of anilines is 1. The Bertz CT molecular complexity index is 522. The number of rotatable bonds is 7. The van der Waals surface area contributed by atoms with Crippen LogP contribution in [0.2, 0.25) is 0 Å². The Morgan fingerprint density at radius 1 is 1.08 bits per heavy atom. The van der Waals surface area contributed by atoms with Crippen LogP contribution in [0, 0.1) is 5.92 Å². The number of carbonyl (C=O) groups excluding carboxylic acids is 2. The fourth-order valence-electron chi connectivity index (χ4n) is 2.99. The number of benzene rings is 1. The molecule has 1 aromatic carbocycles. The van der Waals surface area contributed by atoms with Crippen LogP contribution < -0.4 is 15.4 Å². The predicted octanol–water partition coefficient (Wildman–Crippen LogP) is 3.50. The number of hydrogen-bond donors (Lipinski definition) is 2.